The molecule has 1 aromatic heterocycles. The molecule has 120 valence electrons. The molecule has 0 saturated heterocycles. The van der Waals surface area contributed by atoms with Gasteiger partial charge in [0.15, 0.2) is 0 Å². The van der Waals surface area contributed by atoms with Crippen LogP contribution in [-0.4, -0.2) is 28.8 Å². The Hall–Kier alpha value is -0.970. The zero-order chi connectivity index (χ0) is 15.8. The maximum atomic E-state index is 4.61. The van der Waals surface area contributed by atoms with E-state index in [0.717, 1.165) is 35.6 Å². The van der Waals surface area contributed by atoms with Gasteiger partial charge in [0.25, 0.3) is 0 Å². The summed E-state index contributed by atoms with van der Waals surface area (Å²) in [4.78, 5) is 9.16. The van der Waals surface area contributed by atoms with Crippen LogP contribution < -0.4 is 10.6 Å². The molecule has 0 aliphatic rings. The fourth-order valence-corrected chi connectivity index (χ4v) is 2.37. The van der Waals surface area contributed by atoms with Crippen molar-refractivity contribution in [3.63, 3.8) is 0 Å². The Labute approximate surface area is 133 Å². The van der Waals surface area contributed by atoms with Gasteiger partial charge in [0.2, 0.25) is 5.95 Å². The average Bonchev–Trinajstić information content (AvgIpc) is 2.40. The van der Waals surface area contributed by atoms with Crippen LogP contribution in [0.2, 0.25) is 0 Å². The highest BCUT2D eigenvalue weighted by Crippen LogP contribution is 2.22. The van der Waals surface area contributed by atoms with E-state index in [1.165, 1.54) is 0 Å². The molecule has 0 aliphatic heterocycles. The normalized spacial score (nSPS) is 11.5. The quantitative estimate of drug-likeness (QED) is 0.524. The minimum Gasteiger partial charge on any atom is -0.370 e. The Bertz CT molecular complexity index is 344. The van der Waals surface area contributed by atoms with E-state index in [2.05, 4.69) is 68.2 Å². The Morgan fingerprint density at radius 3 is 2.10 bits per heavy atom. The first-order valence-corrected chi connectivity index (χ1v) is 8.85. The van der Waals surface area contributed by atoms with Gasteiger partial charge in [-0.25, -0.2) is 4.98 Å². The number of rotatable bonds is 9. The SMILES string of the molecule is CC(C)CNc1cc(SCC(C)C)nc(NCC(C)C)n1. The highest BCUT2D eigenvalue weighted by molar-refractivity contribution is 7.99. The minimum absolute atomic E-state index is 0.577. The van der Waals surface area contributed by atoms with Crippen LogP contribution >= 0.6 is 11.8 Å². The molecule has 1 heterocycles. The third-order valence-corrected chi connectivity index (χ3v) is 3.97. The lowest BCUT2D eigenvalue weighted by Gasteiger charge is -2.13. The Morgan fingerprint density at radius 2 is 1.52 bits per heavy atom. The van der Waals surface area contributed by atoms with Gasteiger partial charge < -0.3 is 10.6 Å². The van der Waals surface area contributed by atoms with Crippen molar-refractivity contribution in [3.05, 3.63) is 6.07 Å². The molecule has 0 saturated carbocycles. The smallest absolute Gasteiger partial charge is 0.225 e. The second kappa shape index (κ2) is 9.13. The van der Waals surface area contributed by atoms with Crippen molar-refractivity contribution in [1.82, 2.24) is 9.97 Å². The fraction of sp³-hybridized carbons (Fsp3) is 0.750. The molecule has 21 heavy (non-hydrogen) atoms. The molecule has 0 bridgehead atoms. The summed E-state index contributed by atoms with van der Waals surface area (Å²) in [7, 11) is 0. The Balaban J connectivity index is 2.79. The standard InChI is InChI=1S/C16H30N4S/c1-11(2)8-17-14-7-15(21-10-13(5)6)20-16(19-14)18-9-12(3)4/h7,11-13H,8-10H2,1-6H3,(H2,17,18,19,20). The number of hydrogen-bond donors (Lipinski definition) is 2. The van der Waals surface area contributed by atoms with E-state index >= 15 is 0 Å². The van der Waals surface area contributed by atoms with Crippen molar-refractivity contribution in [2.24, 2.45) is 17.8 Å². The summed E-state index contributed by atoms with van der Waals surface area (Å²) in [6.45, 7) is 15.0. The molecule has 0 aliphatic carbocycles. The third-order valence-electron chi connectivity index (χ3n) is 2.63. The molecule has 1 rings (SSSR count). The van der Waals surface area contributed by atoms with Crippen molar-refractivity contribution in [3.8, 4) is 0 Å². The first-order valence-electron chi connectivity index (χ1n) is 7.86. The van der Waals surface area contributed by atoms with Crippen LogP contribution in [0.25, 0.3) is 0 Å². The molecule has 0 unspecified atom stereocenters. The lowest BCUT2D eigenvalue weighted by molar-refractivity contribution is 0.680. The molecular weight excluding hydrogens is 280 g/mol. The second-order valence-corrected chi connectivity index (χ2v) is 7.71. The van der Waals surface area contributed by atoms with Crippen LogP contribution in [0, 0.1) is 17.8 Å². The molecule has 4 nitrogen and oxygen atoms in total. The van der Waals surface area contributed by atoms with E-state index in [9.17, 15) is 0 Å². The highest BCUT2D eigenvalue weighted by atomic mass is 32.2. The molecule has 0 radical (unpaired) electrons. The highest BCUT2D eigenvalue weighted by Gasteiger charge is 2.07. The van der Waals surface area contributed by atoms with E-state index < -0.39 is 0 Å². The van der Waals surface area contributed by atoms with Gasteiger partial charge in [-0.3, -0.25) is 0 Å². The molecule has 0 fully saturated rings. The van der Waals surface area contributed by atoms with Gasteiger partial charge in [0.05, 0.1) is 0 Å². The number of nitrogens with one attached hydrogen (secondary N) is 2. The van der Waals surface area contributed by atoms with Crippen LogP contribution in [0.4, 0.5) is 11.8 Å². The van der Waals surface area contributed by atoms with Crippen molar-refractivity contribution in [2.75, 3.05) is 29.5 Å². The monoisotopic (exact) mass is 310 g/mol. The Kier molecular flexibility index (Phi) is 7.86. The average molecular weight is 311 g/mol. The molecule has 0 aromatic carbocycles. The van der Waals surface area contributed by atoms with Crippen LogP contribution in [-0.2, 0) is 0 Å². The van der Waals surface area contributed by atoms with E-state index in [-0.39, 0.29) is 0 Å². The van der Waals surface area contributed by atoms with E-state index in [1.54, 1.807) is 11.8 Å². The first-order chi connectivity index (χ1) is 9.86. The number of thioether (sulfide) groups is 1. The van der Waals surface area contributed by atoms with E-state index in [4.69, 9.17) is 0 Å². The van der Waals surface area contributed by atoms with Crippen molar-refractivity contribution in [2.45, 2.75) is 46.6 Å². The molecule has 0 atom stereocenters. The van der Waals surface area contributed by atoms with Gasteiger partial charge in [0.1, 0.15) is 10.8 Å². The van der Waals surface area contributed by atoms with Crippen LogP contribution in [0.3, 0.4) is 0 Å². The number of aromatic nitrogens is 2. The van der Waals surface area contributed by atoms with Crippen molar-refractivity contribution >= 4 is 23.5 Å². The number of anilines is 2. The topological polar surface area (TPSA) is 49.8 Å². The van der Waals surface area contributed by atoms with Gasteiger partial charge in [-0.05, 0) is 17.8 Å². The predicted octanol–water partition coefficient (Wildman–Crippen LogP) is 4.36. The van der Waals surface area contributed by atoms with Gasteiger partial charge in [-0.15, -0.1) is 11.8 Å². The fourth-order valence-electron chi connectivity index (χ4n) is 1.52. The zero-order valence-electron chi connectivity index (χ0n) is 14.2. The largest absolute Gasteiger partial charge is 0.370 e. The summed E-state index contributed by atoms with van der Waals surface area (Å²) >= 11 is 1.79. The molecule has 1 aromatic rings. The predicted molar refractivity (Wildman–Crippen MR) is 94.2 cm³/mol. The summed E-state index contributed by atoms with van der Waals surface area (Å²) in [5.41, 5.74) is 0. The maximum absolute atomic E-state index is 4.61. The second-order valence-electron chi connectivity index (χ2n) is 6.67. The maximum Gasteiger partial charge on any atom is 0.225 e. The summed E-state index contributed by atoms with van der Waals surface area (Å²) in [6.07, 6.45) is 0. The van der Waals surface area contributed by atoms with Crippen LogP contribution in [0.15, 0.2) is 11.1 Å². The molecular formula is C16H30N4S. The van der Waals surface area contributed by atoms with Crippen molar-refractivity contribution < 1.29 is 0 Å². The molecule has 5 heteroatoms. The third kappa shape index (κ3) is 8.15. The summed E-state index contributed by atoms with van der Waals surface area (Å²) < 4.78 is 0. The number of hydrogen-bond acceptors (Lipinski definition) is 5. The van der Waals surface area contributed by atoms with Gasteiger partial charge in [0, 0.05) is 24.9 Å². The lowest BCUT2D eigenvalue weighted by atomic mass is 10.2. The summed E-state index contributed by atoms with van der Waals surface area (Å²) in [5, 5.41) is 7.76. The Morgan fingerprint density at radius 1 is 0.905 bits per heavy atom. The van der Waals surface area contributed by atoms with Gasteiger partial charge >= 0.3 is 0 Å². The zero-order valence-corrected chi connectivity index (χ0v) is 15.0. The summed E-state index contributed by atoms with van der Waals surface area (Å²) in [5.74, 6) is 4.54. The van der Waals surface area contributed by atoms with E-state index in [0.29, 0.717) is 17.8 Å². The van der Waals surface area contributed by atoms with Crippen LogP contribution in [0.1, 0.15) is 41.5 Å². The molecule has 2 N–H and O–H groups in total. The molecule has 0 amide bonds. The number of nitrogens with zero attached hydrogens (tertiary/aromatic N) is 2. The van der Waals surface area contributed by atoms with Gasteiger partial charge in [-0.1, -0.05) is 41.5 Å². The van der Waals surface area contributed by atoms with E-state index in [1.807, 2.05) is 0 Å². The van der Waals surface area contributed by atoms with Gasteiger partial charge in [-0.2, -0.15) is 4.98 Å². The molecule has 0 spiro atoms. The summed E-state index contributed by atoms with van der Waals surface area (Å²) in [6, 6.07) is 2.05. The first kappa shape index (κ1) is 18.1. The lowest BCUT2D eigenvalue weighted by Crippen LogP contribution is -2.14. The van der Waals surface area contributed by atoms with Crippen LogP contribution in [0.5, 0.6) is 0 Å². The minimum atomic E-state index is 0.577. The van der Waals surface area contributed by atoms with Crippen molar-refractivity contribution in [1.29, 1.82) is 0 Å².